The van der Waals surface area contributed by atoms with E-state index in [1.807, 2.05) is 23.1 Å². The van der Waals surface area contributed by atoms with Crippen molar-refractivity contribution in [3.63, 3.8) is 0 Å². The van der Waals surface area contributed by atoms with E-state index in [0.717, 1.165) is 52.8 Å². The van der Waals surface area contributed by atoms with E-state index in [1.165, 1.54) is 12.3 Å². The maximum atomic E-state index is 14.2. The topological polar surface area (TPSA) is 84.5 Å². The van der Waals surface area contributed by atoms with Gasteiger partial charge in [0.15, 0.2) is 0 Å². The lowest BCUT2D eigenvalue weighted by Crippen LogP contribution is -2.35. The molecule has 1 saturated heterocycles. The molecular weight excluding hydrogens is 454 g/mol. The summed E-state index contributed by atoms with van der Waals surface area (Å²) in [5.74, 6) is 0.730. The number of fused-ring (bicyclic) bond motifs is 1. The summed E-state index contributed by atoms with van der Waals surface area (Å²) in [6, 6.07) is 19.6. The van der Waals surface area contributed by atoms with Gasteiger partial charge < -0.3 is 14.4 Å². The summed E-state index contributed by atoms with van der Waals surface area (Å²) in [6.45, 7) is 7.47. The first-order valence-corrected chi connectivity index (χ1v) is 12.3. The molecule has 5 rings (SSSR count). The largest absolute Gasteiger partial charge is 0.355 e. The highest BCUT2D eigenvalue weighted by molar-refractivity contribution is 6.13. The Kier molecular flexibility index (Phi) is 6.41. The number of nitro groups is 1. The number of rotatable bonds is 5. The van der Waals surface area contributed by atoms with E-state index in [0.29, 0.717) is 25.5 Å². The monoisotopic (exact) mass is 483 g/mol. The van der Waals surface area contributed by atoms with Crippen LogP contribution in [0.3, 0.4) is 0 Å². The second-order valence-electron chi connectivity index (χ2n) is 9.12. The first kappa shape index (κ1) is 23.5. The third-order valence-corrected chi connectivity index (χ3v) is 6.85. The fraction of sp³-hybridized carbons (Fsp3) is 0.286. The number of benzene rings is 2. The van der Waals surface area contributed by atoms with Gasteiger partial charge in [-0.25, -0.2) is 4.98 Å². The second-order valence-corrected chi connectivity index (χ2v) is 9.12. The number of hydrogen-bond donors (Lipinski definition) is 0. The molecule has 8 nitrogen and oxygen atoms in total. The molecule has 1 aliphatic heterocycles. The Balaban J connectivity index is 1.50. The Morgan fingerprint density at radius 1 is 1.03 bits per heavy atom. The van der Waals surface area contributed by atoms with Gasteiger partial charge in [0, 0.05) is 49.7 Å². The highest BCUT2D eigenvalue weighted by Gasteiger charge is 2.28. The van der Waals surface area contributed by atoms with Crippen LogP contribution in [0.1, 0.15) is 29.3 Å². The average molecular weight is 484 g/mol. The van der Waals surface area contributed by atoms with E-state index in [1.54, 1.807) is 6.07 Å². The molecule has 0 aliphatic carbocycles. The SMILES string of the molecule is CCn1c(-c2ccccc2)c(C(=O)N2CCCN(c3ccc([N+](=O)[O-])cn3)CC2)c2cc(C)ccc21. The maximum Gasteiger partial charge on any atom is 0.287 e. The van der Waals surface area contributed by atoms with E-state index in [9.17, 15) is 14.9 Å². The van der Waals surface area contributed by atoms with Gasteiger partial charge in [-0.05, 0) is 44.0 Å². The van der Waals surface area contributed by atoms with Crippen LogP contribution in [0, 0.1) is 17.0 Å². The van der Waals surface area contributed by atoms with Crippen molar-refractivity contribution in [2.24, 2.45) is 0 Å². The van der Waals surface area contributed by atoms with Crippen molar-refractivity contribution in [1.82, 2.24) is 14.5 Å². The van der Waals surface area contributed by atoms with Crippen molar-refractivity contribution in [2.75, 3.05) is 31.1 Å². The van der Waals surface area contributed by atoms with Crippen LogP contribution in [0.25, 0.3) is 22.2 Å². The predicted molar refractivity (Wildman–Crippen MR) is 141 cm³/mol. The van der Waals surface area contributed by atoms with E-state index >= 15 is 0 Å². The number of aromatic nitrogens is 2. The Morgan fingerprint density at radius 3 is 2.53 bits per heavy atom. The number of carbonyl (C=O) groups is 1. The smallest absolute Gasteiger partial charge is 0.287 e. The minimum atomic E-state index is -0.446. The van der Waals surface area contributed by atoms with Crippen molar-refractivity contribution < 1.29 is 9.72 Å². The molecule has 0 radical (unpaired) electrons. The third-order valence-electron chi connectivity index (χ3n) is 6.85. The molecule has 1 aliphatic rings. The van der Waals surface area contributed by atoms with Gasteiger partial charge in [-0.1, -0.05) is 42.0 Å². The number of amides is 1. The summed E-state index contributed by atoms with van der Waals surface area (Å²) >= 11 is 0. The van der Waals surface area contributed by atoms with Gasteiger partial charge in [-0.3, -0.25) is 14.9 Å². The van der Waals surface area contributed by atoms with Gasteiger partial charge in [-0.15, -0.1) is 0 Å². The van der Waals surface area contributed by atoms with Gasteiger partial charge in [0.05, 0.1) is 16.2 Å². The van der Waals surface area contributed by atoms with Crippen molar-refractivity contribution in [3.05, 3.63) is 88.1 Å². The number of aryl methyl sites for hydroxylation is 2. The Bertz CT molecular complexity index is 1410. The maximum absolute atomic E-state index is 14.2. The zero-order valence-corrected chi connectivity index (χ0v) is 20.6. The highest BCUT2D eigenvalue weighted by atomic mass is 16.6. The van der Waals surface area contributed by atoms with Crippen LogP contribution in [0.4, 0.5) is 11.5 Å². The molecule has 0 N–H and O–H groups in total. The first-order chi connectivity index (χ1) is 17.5. The normalized spacial score (nSPS) is 14.2. The fourth-order valence-corrected chi connectivity index (χ4v) is 5.09. The number of nitrogens with zero attached hydrogens (tertiary/aromatic N) is 5. The highest BCUT2D eigenvalue weighted by Crippen LogP contribution is 2.35. The minimum absolute atomic E-state index is 0.0265. The van der Waals surface area contributed by atoms with E-state index in [4.69, 9.17) is 0 Å². The van der Waals surface area contributed by atoms with Gasteiger partial charge in [0.1, 0.15) is 12.0 Å². The van der Waals surface area contributed by atoms with Crippen LogP contribution in [-0.2, 0) is 6.54 Å². The van der Waals surface area contributed by atoms with Crippen LogP contribution in [0.15, 0.2) is 66.9 Å². The summed E-state index contributed by atoms with van der Waals surface area (Å²) in [5.41, 5.74) is 4.91. The van der Waals surface area contributed by atoms with Crippen molar-refractivity contribution in [2.45, 2.75) is 26.8 Å². The summed E-state index contributed by atoms with van der Waals surface area (Å²) in [4.78, 5) is 33.0. The van der Waals surface area contributed by atoms with Crippen LogP contribution >= 0.6 is 0 Å². The zero-order valence-electron chi connectivity index (χ0n) is 20.6. The van der Waals surface area contributed by atoms with E-state index in [2.05, 4.69) is 58.6 Å². The van der Waals surface area contributed by atoms with Crippen molar-refractivity contribution >= 4 is 28.3 Å². The number of hydrogen-bond acceptors (Lipinski definition) is 5. The molecular formula is C28H29N5O3. The molecule has 1 amide bonds. The van der Waals surface area contributed by atoms with E-state index in [-0.39, 0.29) is 11.6 Å². The summed E-state index contributed by atoms with van der Waals surface area (Å²) in [5, 5.41) is 12.0. The van der Waals surface area contributed by atoms with Crippen LogP contribution in [-0.4, -0.2) is 51.5 Å². The second kappa shape index (κ2) is 9.81. The zero-order chi connectivity index (χ0) is 25.2. The molecule has 4 aromatic rings. The van der Waals surface area contributed by atoms with Crippen LogP contribution in [0.5, 0.6) is 0 Å². The molecule has 0 bridgehead atoms. The Morgan fingerprint density at radius 2 is 1.83 bits per heavy atom. The Labute approximate surface area is 209 Å². The molecule has 3 heterocycles. The molecule has 36 heavy (non-hydrogen) atoms. The van der Waals surface area contributed by atoms with Crippen molar-refractivity contribution in [1.29, 1.82) is 0 Å². The molecule has 0 saturated carbocycles. The van der Waals surface area contributed by atoms with Gasteiger partial charge in [0.2, 0.25) is 0 Å². The fourth-order valence-electron chi connectivity index (χ4n) is 5.09. The first-order valence-electron chi connectivity index (χ1n) is 12.3. The molecule has 0 unspecified atom stereocenters. The number of anilines is 1. The van der Waals surface area contributed by atoms with Crippen LogP contribution < -0.4 is 4.90 Å². The molecule has 184 valence electrons. The summed E-state index contributed by atoms with van der Waals surface area (Å²) < 4.78 is 2.24. The number of carbonyl (C=O) groups excluding carboxylic acids is 1. The standard InChI is InChI=1S/C28H29N5O3/c1-3-32-24-12-10-20(2)18-23(24)26(27(32)21-8-5-4-6-9-21)28(34)31-15-7-14-30(16-17-31)25-13-11-22(19-29-25)33(35)36/h4-6,8-13,18-19H,3,7,14-17H2,1-2H3. The minimum Gasteiger partial charge on any atom is -0.355 e. The lowest BCUT2D eigenvalue weighted by molar-refractivity contribution is -0.385. The average Bonchev–Trinajstić information content (AvgIpc) is 3.03. The van der Waals surface area contributed by atoms with Crippen molar-refractivity contribution in [3.8, 4) is 11.3 Å². The summed E-state index contributed by atoms with van der Waals surface area (Å²) in [7, 11) is 0. The van der Waals surface area contributed by atoms with Crippen LogP contribution in [0.2, 0.25) is 0 Å². The molecule has 0 spiro atoms. The quantitative estimate of drug-likeness (QED) is 0.284. The summed E-state index contributed by atoms with van der Waals surface area (Å²) in [6.07, 6.45) is 2.08. The lowest BCUT2D eigenvalue weighted by atomic mass is 10.0. The predicted octanol–water partition coefficient (Wildman–Crippen LogP) is 5.29. The number of pyridine rings is 1. The molecule has 0 atom stereocenters. The third kappa shape index (κ3) is 4.30. The molecule has 2 aromatic heterocycles. The van der Waals surface area contributed by atoms with Gasteiger partial charge in [0.25, 0.3) is 11.6 Å². The van der Waals surface area contributed by atoms with E-state index < -0.39 is 4.92 Å². The molecule has 1 fully saturated rings. The van der Waals surface area contributed by atoms with Gasteiger partial charge in [-0.2, -0.15) is 0 Å². The van der Waals surface area contributed by atoms with Gasteiger partial charge >= 0.3 is 0 Å². The molecule has 8 heteroatoms. The Hall–Kier alpha value is -4.20. The lowest BCUT2D eigenvalue weighted by Gasteiger charge is -2.23. The molecule has 2 aromatic carbocycles.